The van der Waals surface area contributed by atoms with Crippen molar-refractivity contribution in [2.45, 2.75) is 37.8 Å². The highest BCUT2D eigenvalue weighted by Crippen LogP contribution is 2.38. The van der Waals surface area contributed by atoms with Gasteiger partial charge in [0, 0.05) is 35.6 Å². The number of hydrogen-bond donors (Lipinski definition) is 0. The number of sulfonamides is 1. The van der Waals surface area contributed by atoms with E-state index in [0.717, 1.165) is 28.3 Å². The lowest BCUT2D eigenvalue weighted by molar-refractivity contribution is 0.297. The van der Waals surface area contributed by atoms with Gasteiger partial charge in [-0.2, -0.15) is 0 Å². The lowest BCUT2D eigenvalue weighted by Gasteiger charge is -2.32. The molecule has 194 valence electrons. The molecule has 10 heteroatoms. The lowest BCUT2D eigenvalue weighted by atomic mass is 10.1. The Kier molecular flexibility index (Phi) is 8.14. The molecule has 1 heterocycles. The number of hydrogen-bond acceptors (Lipinski definition) is 4. The molecule has 0 N–H and O–H groups in total. The van der Waals surface area contributed by atoms with E-state index in [1.165, 1.54) is 24.3 Å². The van der Waals surface area contributed by atoms with Crippen molar-refractivity contribution in [1.82, 2.24) is 9.55 Å². The molecule has 0 saturated carbocycles. The first-order chi connectivity index (χ1) is 17.7. The molecule has 0 saturated heterocycles. The van der Waals surface area contributed by atoms with E-state index in [1.807, 2.05) is 17.7 Å². The largest absolute Gasteiger partial charge is 0.493 e. The highest BCUT2D eigenvalue weighted by molar-refractivity contribution is 7.92. The summed E-state index contributed by atoms with van der Waals surface area (Å²) in [5.74, 6) is -0.293. The summed E-state index contributed by atoms with van der Waals surface area (Å²) < 4.78 is 65.7. The van der Waals surface area contributed by atoms with E-state index < -0.39 is 33.4 Å². The van der Waals surface area contributed by atoms with Gasteiger partial charge >= 0.3 is 0 Å². The van der Waals surface area contributed by atoms with E-state index >= 15 is 0 Å². The lowest BCUT2D eigenvalue weighted by Crippen LogP contribution is -2.34. The van der Waals surface area contributed by atoms with Crippen molar-refractivity contribution in [1.29, 1.82) is 0 Å². The molecule has 0 fully saturated rings. The maximum Gasteiger partial charge on any atom is 0.264 e. The molecule has 3 aromatic carbocycles. The molecule has 1 aromatic heterocycles. The van der Waals surface area contributed by atoms with Gasteiger partial charge in [-0.05, 0) is 62.7 Å². The predicted molar refractivity (Wildman–Crippen MR) is 139 cm³/mol. The van der Waals surface area contributed by atoms with Crippen molar-refractivity contribution in [3.8, 4) is 5.75 Å². The molecule has 6 nitrogen and oxygen atoms in total. The van der Waals surface area contributed by atoms with Crippen molar-refractivity contribution in [3.63, 3.8) is 0 Å². The topological polar surface area (TPSA) is 64.4 Å². The van der Waals surface area contributed by atoms with Crippen molar-refractivity contribution >= 4 is 27.3 Å². The third kappa shape index (κ3) is 5.94. The number of aromatic nitrogens is 2. The average Bonchev–Trinajstić information content (AvgIpc) is 3.29. The van der Waals surface area contributed by atoms with E-state index in [0.29, 0.717) is 35.9 Å². The van der Waals surface area contributed by atoms with Crippen LogP contribution in [-0.4, -0.2) is 24.6 Å². The zero-order valence-electron chi connectivity index (χ0n) is 20.3. The Morgan fingerprint density at radius 1 is 1.08 bits per heavy atom. The number of benzene rings is 3. The second-order valence-corrected chi connectivity index (χ2v) is 10.7. The standard InChI is InChI=1S/C27H26ClF2N3O3S/c1-19(24-6-3-4-7-27(24)36-17-5-15-32-16-14-31-20(32)2)33(26-18-22(29)10-13-25(26)30)37(34,35)23-11-8-21(28)9-12-23/h3-4,6-14,16,18-19H,5,15,17H2,1-2H3. The van der Waals surface area contributed by atoms with E-state index in [2.05, 4.69) is 4.98 Å². The molecular formula is C27H26ClF2N3O3S. The monoisotopic (exact) mass is 545 g/mol. The first kappa shape index (κ1) is 26.6. The van der Waals surface area contributed by atoms with Gasteiger partial charge in [0.1, 0.15) is 23.2 Å². The molecule has 0 aliphatic heterocycles. The van der Waals surface area contributed by atoms with E-state index in [-0.39, 0.29) is 4.90 Å². The molecule has 0 amide bonds. The molecule has 0 aliphatic rings. The fourth-order valence-corrected chi connectivity index (χ4v) is 5.82. The second-order valence-electron chi connectivity index (χ2n) is 8.43. The van der Waals surface area contributed by atoms with Crippen molar-refractivity contribution < 1.29 is 21.9 Å². The molecule has 0 aliphatic carbocycles. The summed E-state index contributed by atoms with van der Waals surface area (Å²) in [5, 5.41) is 0.347. The average molecular weight is 546 g/mol. The Morgan fingerprint density at radius 3 is 2.51 bits per heavy atom. The van der Waals surface area contributed by atoms with Gasteiger partial charge in [-0.1, -0.05) is 29.8 Å². The van der Waals surface area contributed by atoms with Gasteiger partial charge in [0.2, 0.25) is 0 Å². The first-order valence-corrected chi connectivity index (χ1v) is 13.4. The van der Waals surface area contributed by atoms with Crippen molar-refractivity contribution in [3.05, 3.63) is 107 Å². The Labute approximate surface area is 220 Å². The van der Waals surface area contributed by atoms with Crippen molar-refractivity contribution in [2.24, 2.45) is 0 Å². The molecule has 0 bridgehead atoms. The number of rotatable bonds is 10. The van der Waals surface area contributed by atoms with Crippen LogP contribution in [0.5, 0.6) is 5.75 Å². The summed E-state index contributed by atoms with van der Waals surface area (Å²) in [6.45, 7) is 4.59. The number of halogens is 3. The van der Waals surface area contributed by atoms with Gasteiger partial charge < -0.3 is 9.30 Å². The third-order valence-corrected chi connectivity index (χ3v) is 8.11. The maximum absolute atomic E-state index is 15.0. The van der Waals surface area contributed by atoms with Crippen LogP contribution >= 0.6 is 11.6 Å². The molecule has 4 rings (SSSR count). The predicted octanol–water partition coefficient (Wildman–Crippen LogP) is 6.55. The number of nitrogens with zero attached hydrogens (tertiary/aromatic N) is 3. The smallest absolute Gasteiger partial charge is 0.264 e. The minimum absolute atomic E-state index is 0.110. The van der Waals surface area contributed by atoms with Crippen LogP contribution in [0, 0.1) is 18.6 Å². The molecule has 4 aromatic rings. The highest BCUT2D eigenvalue weighted by Gasteiger charge is 2.34. The summed E-state index contributed by atoms with van der Waals surface area (Å²) >= 11 is 5.95. The van der Waals surface area contributed by atoms with Gasteiger partial charge in [-0.25, -0.2) is 22.2 Å². The second kappa shape index (κ2) is 11.3. The Bertz CT molecular complexity index is 1480. The van der Waals surface area contributed by atoms with Crippen LogP contribution in [0.25, 0.3) is 0 Å². The van der Waals surface area contributed by atoms with Gasteiger partial charge in [0.15, 0.2) is 0 Å². The summed E-state index contributed by atoms with van der Waals surface area (Å²) in [6.07, 6.45) is 4.30. The van der Waals surface area contributed by atoms with Crippen LogP contribution in [-0.2, 0) is 16.6 Å². The quantitative estimate of drug-likeness (QED) is 0.212. The maximum atomic E-state index is 15.0. The Balaban J connectivity index is 1.68. The third-order valence-electron chi connectivity index (χ3n) is 5.96. The minimum atomic E-state index is -4.33. The van der Waals surface area contributed by atoms with Crippen LogP contribution in [0.1, 0.15) is 30.8 Å². The number of anilines is 1. The van der Waals surface area contributed by atoms with Crippen LogP contribution in [0.3, 0.4) is 0 Å². The summed E-state index contributed by atoms with van der Waals surface area (Å²) in [6, 6.07) is 14.2. The number of para-hydroxylation sites is 1. The number of ether oxygens (including phenoxy) is 1. The molecule has 0 radical (unpaired) electrons. The van der Waals surface area contributed by atoms with E-state index in [1.54, 1.807) is 37.4 Å². The van der Waals surface area contributed by atoms with Crippen LogP contribution in [0.15, 0.2) is 84.0 Å². The fraction of sp³-hybridized carbons (Fsp3) is 0.222. The normalized spacial score (nSPS) is 12.4. The number of aryl methyl sites for hydroxylation is 2. The van der Waals surface area contributed by atoms with Gasteiger partial charge in [-0.3, -0.25) is 4.31 Å². The first-order valence-electron chi connectivity index (χ1n) is 11.6. The van der Waals surface area contributed by atoms with Crippen LogP contribution in [0.4, 0.5) is 14.5 Å². The summed E-state index contributed by atoms with van der Waals surface area (Å²) in [5.41, 5.74) is 0.0929. The Hall–Kier alpha value is -3.43. The van der Waals surface area contributed by atoms with Gasteiger partial charge in [0.05, 0.1) is 23.2 Å². The SMILES string of the molecule is Cc1nccn1CCCOc1ccccc1C(C)N(c1cc(F)ccc1F)S(=O)(=O)c1ccc(Cl)cc1. The van der Waals surface area contributed by atoms with E-state index in [4.69, 9.17) is 16.3 Å². The minimum Gasteiger partial charge on any atom is -0.493 e. The summed E-state index contributed by atoms with van der Waals surface area (Å²) in [4.78, 5) is 4.09. The zero-order valence-corrected chi connectivity index (χ0v) is 21.9. The van der Waals surface area contributed by atoms with Crippen molar-refractivity contribution in [2.75, 3.05) is 10.9 Å². The molecule has 1 atom stereocenters. The molecule has 0 spiro atoms. The van der Waals surface area contributed by atoms with Gasteiger partial charge in [0.25, 0.3) is 10.0 Å². The van der Waals surface area contributed by atoms with Crippen LogP contribution < -0.4 is 9.04 Å². The summed E-state index contributed by atoms with van der Waals surface area (Å²) in [7, 11) is -4.33. The highest BCUT2D eigenvalue weighted by atomic mass is 35.5. The molecule has 37 heavy (non-hydrogen) atoms. The molecular weight excluding hydrogens is 520 g/mol. The van der Waals surface area contributed by atoms with Crippen LogP contribution in [0.2, 0.25) is 5.02 Å². The Morgan fingerprint density at radius 2 is 1.81 bits per heavy atom. The zero-order chi connectivity index (χ0) is 26.6. The van der Waals surface area contributed by atoms with E-state index in [9.17, 15) is 17.2 Å². The fourth-order valence-electron chi connectivity index (χ4n) is 4.06. The van der Waals surface area contributed by atoms with Gasteiger partial charge in [-0.15, -0.1) is 0 Å². The molecule has 1 unspecified atom stereocenters. The number of imidazole rings is 1.